The molecule has 0 atom stereocenters. The van der Waals surface area contributed by atoms with E-state index in [4.69, 9.17) is 4.74 Å². The zero-order chi connectivity index (χ0) is 22.2. The van der Waals surface area contributed by atoms with Crippen LogP contribution in [0.3, 0.4) is 0 Å². The molecule has 164 valence electrons. The highest BCUT2D eigenvalue weighted by Gasteiger charge is 2.12. The molecule has 0 unspecified atom stereocenters. The van der Waals surface area contributed by atoms with E-state index in [2.05, 4.69) is 32.6 Å². The summed E-state index contributed by atoms with van der Waals surface area (Å²) in [5, 5.41) is 13.1. The summed E-state index contributed by atoms with van der Waals surface area (Å²) in [7, 11) is 0. The maximum absolute atomic E-state index is 12.3. The van der Waals surface area contributed by atoms with E-state index in [1.165, 1.54) is 17.3 Å². The lowest BCUT2D eigenvalue weighted by molar-refractivity contribution is -0.118. The number of hydrogen-bond acceptors (Lipinski definition) is 6. The molecule has 7 nitrogen and oxygen atoms in total. The molecule has 0 bridgehead atoms. The summed E-state index contributed by atoms with van der Waals surface area (Å²) in [6, 6.07) is 19.9. The molecule has 0 aliphatic rings. The van der Waals surface area contributed by atoms with E-state index in [9.17, 15) is 4.79 Å². The zero-order valence-electron chi connectivity index (χ0n) is 17.9. The van der Waals surface area contributed by atoms with Crippen molar-refractivity contribution in [3.8, 4) is 5.75 Å². The van der Waals surface area contributed by atoms with Crippen LogP contribution in [0.4, 0.5) is 0 Å². The molecule has 2 aromatic heterocycles. The highest BCUT2D eigenvalue weighted by Crippen LogP contribution is 2.23. The molecule has 8 heteroatoms. The molecular weight excluding hydrogens is 422 g/mol. The Balaban J connectivity index is 1.20. The number of amides is 1. The van der Waals surface area contributed by atoms with E-state index in [-0.39, 0.29) is 5.91 Å². The lowest BCUT2D eigenvalue weighted by atomic mass is 10.2. The monoisotopic (exact) mass is 447 g/mol. The number of carbonyl (C=O) groups is 1. The fourth-order valence-corrected chi connectivity index (χ4v) is 4.09. The van der Waals surface area contributed by atoms with Gasteiger partial charge in [0, 0.05) is 18.1 Å². The van der Waals surface area contributed by atoms with Gasteiger partial charge in [0.25, 0.3) is 0 Å². The molecular formula is C24H25N5O2S. The maximum atomic E-state index is 12.3. The third kappa shape index (κ3) is 5.64. The Hall–Kier alpha value is -3.39. The number of benzene rings is 2. The Kier molecular flexibility index (Phi) is 7.34. The van der Waals surface area contributed by atoms with E-state index in [1.807, 2.05) is 60.0 Å². The first-order valence-corrected chi connectivity index (χ1v) is 11.5. The normalized spacial score (nSPS) is 10.9. The van der Waals surface area contributed by atoms with Crippen LogP contribution in [-0.2, 0) is 11.3 Å². The second-order valence-electron chi connectivity index (χ2n) is 7.27. The number of pyridine rings is 1. The highest BCUT2D eigenvalue weighted by atomic mass is 32.2. The second-order valence-corrected chi connectivity index (χ2v) is 8.22. The van der Waals surface area contributed by atoms with Gasteiger partial charge in [-0.05, 0) is 31.0 Å². The summed E-state index contributed by atoms with van der Waals surface area (Å²) >= 11 is 1.40. The van der Waals surface area contributed by atoms with Gasteiger partial charge in [-0.3, -0.25) is 9.78 Å². The van der Waals surface area contributed by atoms with Crippen LogP contribution in [-0.4, -0.2) is 44.6 Å². The van der Waals surface area contributed by atoms with E-state index in [0.29, 0.717) is 31.9 Å². The van der Waals surface area contributed by atoms with Crippen molar-refractivity contribution in [3.05, 3.63) is 78.2 Å². The summed E-state index contributed by atoms with van der Waals surface area (Å²) in [4.78, 5) is 16.6. The molecule has 4 aromatic rings. The van der Waals surface area contributed by atoms with Crippen molar-refractivity contribution in [1.82, 2.24) is 25.1 Å². The Morgan fingerprint density at radius 1 is 1.06 bits per heavy atom. The van der Waals surface area contributed by atoms with E-state index < -0.39 is 0 Å². The van der Waals surface area contributed by atoms with Crippen LogP contribution in [0.2, 0.25) is 0 Å². The first-order valence-electron chi connectivity index (χ1n) is 10.5. The van der Waals surface area contributed by atoms with Crippen LogP contribution in [0.1, 0.15) is 17.8 Å². The Morgan fingerprint density at radius 3 is 2.78 bits per heavy atom. The standard InChI is InChI=1S/C24H25N5O2S/c1-18-27-28-24(29(18)16-19-8-3-2-4-9-19)32-17-22(30)25-14-7-15-31-21-12-5-10-20-11-6-13-26-23(20)21/h2-6,8-13H,7,14-17H2,1H3,(H,25,30). The third-order valence-electron chi connectivity index (χ3n) is 4.91. The van der Waals surface area contributed by atoms with Crippen LogP contribution in [0, 0.1) is 6.92 Å². The van der Waals surface area contributed by atoms with Gasteiger partial charge in [-0.25, -0.2) is 0 Å². The van der Waals surface area contributed by atoms with E-state index in [0.717, 1.165) is 27.6 Å². The summed E-state index contributed by atoms with van der Waals surface area (Å²) in [6.45, 7) is 3.66. The predicted molar refractivity (Wildman–Crippen MR) is 126 cm³/mol. The molecule has 1 amide bonds. The van der Waals surface area contributed by atoms with Crippen LogP contribution in [0.15, 0.2) is 72.0 Å². The number of fused-ring (bicyclic) bond motifs is 1. The Bertz CT molecular complexity index is 1170. The topological polar surface area (TPSA) is 81.9 Å². The molecule has 0 radical (unpaired) electrons. The summed E-state index contributed by atoms with van der Waals surface area (Å²) < 4.78 is 7.89. The van der Waals surface area contributed by atoms with E-state index in [1.54, 1.807) is 6.20 Å². The van der Waals surface area contributed by atoms with Crippen molar-refractivity contribution >= 4 is 28.6 Å². The number of carbonyl (C=O) groups excluding carboxylic acids is 1. The number of ether oxygens (including phenoxy) is 1. The molecule has 1 N–H and O–H groups in total. The van der Waals surface area contributed by atoms with Crippen LogP contribution >= 0.6 is 11.8 Å². The number of para-hydroxylation sites is 1. The summed E-state index contributed by atoms with van der Waals surface area (Å²) in [5.74, 6) is 1.85. The van der Waals surface area contributed by atoms with Crippen molar-refractivity contribution in [2.45, 2.75) is 25.0 Å². The first-order chi connectivity index (χ1) is 15.7. The van der Waals surface area contributed by atoms with Crippen molar-refractivity contribution in [1.29, 1.82) is 0 Å². The largest absolute Gasteiger partial charge is 0.491 e. The molecule has 4 rings (SSSR count). The molecule has 2 heterocycles. The lowest BCUT2D eigenvalue weighted by Gasteiger charge is -2.10. The maximum Gasteiger partial charge on any atom is 0.230 e. The van der Waals surface area contributed by atoms with Crippen LogP contribution < -0.4 is 10.1 Å². The number of hydrogen-bond donors (Lipinski definition) is 1. The third-order valence-corrected chi connectivity index (χ3v) is 5.88. The van der Waals surface area contributed by atoms with Gasteiger partial charge in [-0.2, -0.15) is 0 Å². The lowest BCUT2D eigenvalue weighted by Crippen LogP contribution is -2.27. The van der Waals surface area contributed by atoms with Gasteiger partial charge in [0.2, 0.25) is 5.91 Å². The number of thioether (sulfide) groups is 1. The summed E-state index contributed by atoms with van der Waals surface area (Å²) in [5.41, 5.74) is 2.02. The molecule has 0 saturated heterocycles. The van der Waals surface area contributed by atoms with E-state index >= 15 is 0 Å². The number of aromatic nitrogens is 4. The van der Waals surface area contributed by atoms with Crippen molar-refractivity contribution < 1.29 is 9.53 Å². The first kappa shape index (κ1) is 21.8. The Morgan fingerprint density at radius 2 is 1.91 bits per heavy atom. The van der Waals surface area contributed by atoms with Crippen molar-refractivity contribution in [2.75, 3.05) is 18.9 Å². The summed E-state index contributed by atoms with van der Waals surface area (Å²) in [6.07, 6.45) is 2.47. The predicted octanol–water partition coefficient (Wildman–Crippen LogP) is 3.86. The minimum Gasteiger partial charge on any atom is -0.491 e. The molecule has 0 aliphatic carbocycles. The fraction of sp³-hybridized carbons (Fsp3) is 0.250. The molecule has 0 aliphatic heterocycles. The highest BCUT2D eigenvalue weighted by molar-refractivity contribution is 7.99. The minimum atomic E-state index is -0.0336. The molecule has 0 fully saturated rings. The van der Waals surface area contributed by atoms with Gasteiger partial charge in [-0.1, -0.05) is 60.3 Å². The van der Waals surface area contributed by atoms with Gasteiger partial charge in [0.15, 0.2) is 5.16 Å². The van der Waals surface area contributed by atoms with Crippen molar-refractivity contribution in [3.63, 3.8) is 0 Å². The number of aryl methyl sites for hydroxylation is 1. The van der Waals surface area contributed by atoms with Gasteiger partial charge < -0.3 is 14.6 Å². The van der Waals surface area contributed by atoms with Gasteiger partial charge >= 0.3 is 0 Å². The average molecular weight is 448 g/mol. The molecule has 32 heavy (non-hydrogen) atoms. The van der Waals surface area contributed by atoms with Crippen molar-refractivity contribution in [2.24, 2.45) is 0 Å². The number of nitrogens with zero attached hydrogens (tertiary/aromatic N) is 4. The second kappa shape index (κ2) is 10.8. The molecule has 0 saturated carbocycles. The van der Waals surface area contributed by atoms with Gasteiger partial charge in [0.05, 0.1) is 18.9 Å². The average Bonchev–Trinajstić information content (AvgIpc) is 3.17. The molecule has 0 spiro atoms. The molecule has 2 aromatic carbocycles. The number of nitrogens with one attached hydrogen (secondary N) is 1. The quantitative estimate of drug-likeness (QED) is 0.294. The minimum absolute atomic E-state index is 0.0336. The number of rotatable bonds is 10. The SMILES string of the molecule is Cc1nnc(SCC(=O)NCCCOc2cccc3cccnc23)n1Cc1ccccc1. The smallest absolute Gasteiger partial charge is 0.230 e. The van der Waals surface area contributed by atoms with Crippen LogP contribution in [0.25, 0.3) is 10.9 Å². The zero-order valence-corrected chi connectivity index (χ0v) is 18.7. The van der Waals surface area contributed by atoms with Gasteiger partial charge in [0.1, 0.15) is 17.1 Å². The fourth-order valence-electron chi connectivity index (χ4n) is 3.27. The van der Waals surface area contributed by atoms with Gasteiger partial charge in [-0.15, -0.1) is 10.2 Å². The van der Waals surface area contributed by atoms with Crippen LogP contribution in [0.5, 0.6) is 5.75 Å². The Labute approximate surface area is 191 Å².